The Morgan fingerprint density at radius 1 is 0.625 bits per heavy atom. The quantitative estimate of drug-likeness (QED) is 0.846. The van der Waals surface area contributed by atoms with E-state index in [2.05, 4.69) is 0 Å². The van der Waals surface area contributed by atoms with Crippen molar-refractivity contribution < 1.29 is 14.6 Å². The maximum atomic E-state index is 10.6. The molecule has 0 aliphatic heterocycles. The molecular weight excluding hydrogens is 300 g/mol. The predicted molar refractivity (Wildman–Crippen MR) is 97.7 cm³/mol. The fraction of sp³-hybridized carbons (Fsp3) is 0.429. The summed E-state index contributed by atoms with van der Waals surface area (Å²) in [4.78, 5) is 0. The van der Waals surface area contributed by atoms with Gasteiger partial charge in [0.25, 0.3) is 0 Å². The van der Waals surface area contributed by atoms with Gasteiger partial charge in [0.15, 0.2) is 0 Å². The molecule has 0 unspecified atom stereocenters. The molecule has 130 valence electrons. The van der Waals surface area contributed by atoms with E-state index in [9.17, 15) is 5.11 Å². The van der Waals surface area contributed by atoms with Crippen LogP contribution in [0.25, 0.3) is 0 Å². The van der Waals surface area contributed by atoms with Gasteiger partial charge in [-0.25, -0.2) is 0 Å². The van der Waals surface area contributed by atoms with Crippen LogP contribution in [0.4, 0.5) is 0 Å². The maximum absolute atomic E-state index is 10.6. The molecule has 0 heterocycles. The zero-order valence-electron chi connectivity index (χ0n) is 15.5. The fourth-order valence-electron chi connectivity index (χ4n) is 2.34. The third-order valence-corrected chi connectivity index (χ3v) is 3.24. The number of hydrogen-bond donors (Lipinski definition) is 1. The van der Waals surface area contributed by atoms with Crippen LogP contribution in [-0.4, -0.2) is 16.3 Å². The molecule has 0 aliphatic rings. The lowest BCUT2D eigenvalue weighted by Crippen LogP contribution is -2.22. The number of ether oxygens (including phenoxy) is 2. The van der Waals surface area contributed by atoms with Crippen LogP contribution < -0.4 is 9.47 Å². The van der Waals surface area contributed by atoms with Crippen LogP contribution in [0, 0.1) is 0 Å². The largest absolute Gasteiger partial charge is 0.488 e. The molecular formula is C21H28O3. The van der Waals surface area contributed by atoms with Gasteiger partial charge in [0.1, 0.15) is 28.8 Å². The van der Waals surface area contributed by atoms with Crippen LogP contribution in [0.5, 0.6) is 11.5 Å². The Kier molecular flexibility index (Phi) is 5.24. The average molecular weight is 328 g/mol. The number of hydrogen-bond acceptors (Lipinski definition) is 3. The van der Waals surface area contributed by atoms with Crippen molar-refractivity contribution in [2.75, 3.05) is 0 Å². The van der Waals surface area contributed by atoms with Crippen molar-refractivity contribution in [3.05, 3.63) is 59.7 Å². The van der Waals surface area contributed by atoms with E-state index in [0.717, 1.165) is 22.6 Å². The Morgan fingerprint density at radius 2 is 0.917 bits per heavy atom. The second-order valence-electron chi connectivity index (χ2n) is 7.97. The summed E-state index contributed by atoms with van der Waals surface area (Å²) >= 11 is 0. The number of aliphatic hydroxyl groups is 1. The van der Waals surface area contributed by atoms with Gasteiger partial charge >= 0.3 is 0 Å². The van der Waals surface area contributed by atoms with Crippen LogP contribution in [0.15, 0.2) is 48.5 Å². The van der Waals surface area contributed by atoms with Gasteiger partial charge in [-0.15, -0.1) is 0 Å². The molecule has 2 rings (SSSR count). The Balaban J connectivity index is 2.09. The van der Waals surface area contributed by atoms with E-state index < -0.39 is 6.10 Å². The first-order chi connectivity index (χ1) is 11.0. The van der Waals surface area contributed by atoms with E-state index in [1.54, 1.807) is 0 Å². The molecule has 0 amide bonds. The van der Waals surface area contributed by atoms with E-state index in [4.69, 9.17) is 9.47 Å². The number of benzene rings is 2. The molecule has 0 aromatic heterocycles. The monoisotopic (exact) mass is 328 g/mol. The van der Waals surface area contributed by atoms with Gasteiger partial charge in [0, 0.05) is 0 Å². The standard InChI is InChI=1S/C21H28O3/c1-20(2,3)23-17-11-7-15(8-12-17)19(22)16-9-13-18(14-10-16)24-21(4,5)6/h7-14,19,22H,1-6H3. The minimum atomic E-state index is -0.669. The topological polar surface area (TPSA) is 38.7 Å². The lowest BCUT2D eigenvalue weighted by atomic mass is 10.0. The molecule has 0 spiro atoms. The normalized spacial score (nSPS) is 12.3. The summed E-state index contributed by atoms with van der Waals surface area (Å²) in [7, 11) is 0. The highest BCUT2D eigenvalue weighted by Crippen LogP contribution is 2.27. The van der Waals surface area contributed by atoms with Gasteiger partial charge in [-0.05, 0) is 76.9 Å². The number of aliphatic hydroxyl groups excluding tert-OH is 1. The predicted octanol–water partition coefficient (Wildman–Crippen LogP) is 5.12. The molecule has 0 radical (unpaired) electrons. The van der Waals surface area contributed by atoms with Gasteiger partial charge in [-0.2, -0.15) is 0 Å². The molecule has 1 N–H and O–H groups in total. The zero-order chi connectivity index (χ0) is 18.0. The summed E-state index contributed by atoms with van der Waals surface area (Å²) < 4.78 is 11.6. The lowest BCUT2D eigenvalue weighted by molar-refractivity contribution is 0.130. The van der Waals surface area contributed by atoms with Crippen molar-refractivity contribution in [3.63, 3.8) is 0 Å². The van der Waals surface area contributed by atoms with Crippen LogP contribution in [0.1, 0.15) is 58.8 Å². The zero-order valence-corrected chi connectivity index (χ0v) is 15.5. The Labute approximate surface area is 145 Å². The molecule has 3 nitrogen and oxygen atoms in total. The highest BCUT2D eigenvalue weighted by Gasteiger charge is 2.15. The summed E-state index contributed by atoms with van der Waals surface area (Å²) in [6.45, 7) is 12.1. The Morgan fingerprint density at radius 3 is 1.17 bits per heavy atom. The first-order valence-electron chi connectivity index (χ1n) is 8.29. The van der Waals surface area contributed by atoms with Gasteiger partial charge < -0.3 is 14.6 Å². The van der Waals surface area contributed by atoms with E-state index in [-0.39, 0.29) is 11.2 Å². The second-order valence-corrected chi connectivity index (χ2v) is 7.97. The highest BCUT2D eigenvalue weighted by atomic mass is 16.5. The van der Waals surface area contributed by atoms with Crippen molar-refractivity contribution in [2.45, 2.75) is 58.8 Å². The second kappa shape index (κ2) is 6.86. The van der Waals surface area contributed by atoms with Crippen molar-refractivity contribution in [3.8, 4) is 11.5 Å². The average Bonchev–Trinajstić information content (AvgIpc) is 2.45. The first kappa shape index (κ1) is 18.3. The third kappa shape index (κ3) is 5.57. The fourth-order valence-corrected chi connectivity index (χ4v) is 2.34. The van der Waals surface area contributed by atoms with E-state index in [1.807, 2.05) is 90.1 Å². The molecule has 0 aliphatic carbocycles. The molecule has 24 heavy (non-hydrogen) atoms. The lowest BCUT2D eigenvalue weighted by Gasteiger charge is -2.22. The van der Waals surface area contributed by atoms with Gasteiger partial charge in [0.05, 0.1) is 0 Å². The minimum Gasteiger partial charge on any atom is -0.488 e. The summed E-state index contributed by atoms with van der Waals surface area (Å²) in [5.74, 6) is 1.60. The molecule has 3 heteroatoms. The number of rotatable bonds is 4. The van der Waals surface area contributed by atoms with Crippen LogP contribution in [0.3, 0.4) is 0 Å². The maximum Gasteiger partial charge on any atom is 0.120 e. The van der Waals surface area contributed by atoms with E-state index in [1.165, 1.54) is 0 Å². The molecule has 0 saturated carbocycles. The van der Waals surface area contributed by atoms with E-state index >= 15 is 0 Å². The van der Waals surface area contributed by atoms with Gasteiger partial charge in [-0.3, -0.25) is 0 Å². The summed E-state index contributed by atoms with van der Waals surface area (Å²) in [6.07, 6.45) is -0.669. The van der Waals surface area contributed by atoms with E-state index in [0.29, 0.717) is 0 Å². The summed E-state index contributed by atoms with van der Waals surface area (Å²) in [5.41, 5.74) is 1.20. The Hall–Kier alpha value is -2.00. The smallest absolute Gasteiger partial charge is 0.120 e. The van der Waals surface area contributed by atoms with Crippen molar-refractivity contribution in [1.29, 1.82) is 0 Å². The van der Waals surface area contributed by atoms with Gasteiger partial charge in [0.2, 0.25) is 0 Å². The SMILES string of the molecule is CC(C)(C)Oc1ccc(C(O)c2ccc(OC(C)(C)C)cc2)cc1. The Bertz CT molecular complexity index is 584. The molecule has 0 saturated heterocycles. The molecule has 0 bridgehead atoms. The third-order valence-electron chi connectivity index (χ3n) is 3.24. The molecule has 2 aromatic rings. The van der Waals surface area contributed by atoms with Gasteiger partial charge in [-0.1, -0.05) is 24.3 Å². The molecule has 0 atom stereocenters. The van der Waals surface area contributed by atoms with Crippen molar-refractivity contribution in [2.24, 2.45) is 0 Å². The first-order valence-corrected chi connectivity index (χ1v) is 8.29. The van der Waals surface area contributed by atoms with Crippen LogP contribution >= 0.6 is 0 Å². The highest BCUT2D eigenvalue weighted by molar-refractivity contribution is 5.36. The summed E-state index contributed by atoms with van der Waals surface area (Å²) in [6, 6.07) is 15.1. The molecule has 2 aromatic carbocycles. The van der Waals surface area contributed by atoms with Crippen molar-refractivity contribution >= 4 is 0 Å². The molecule has 0 fully saturated rings. The van der Waals surface area contributed by atoms with Crippen molar-refractivity contribution in [1.82, 2.24) is 0 Å². The van der Waals surface area contributed by atoms with Crippen LogP contribution in [-0.2, 0) is 0 Å². The summed E-state index contributed by atoms with van der Waals surface area (Å²) in [5, 5.41) is 10.6. The minimum absolute atomic E-state index is 0.233. The van der Waals surface area contributed by atoms with Crippen LogP contribution in [0.2, 0.25) is 0 Å².